The molecule has 0 unspecified atom stereocenters. The van der Waals surface area contributed by atoms with E-state index in [2.05, 4.69) is 46.1 Å². The Kier molecular flexibility index (Phi) is 8.00. The first kappa shape index (κ1) is 24.7. The number of amides is 1. The summed E-state index contributed by atoms with van der Waals surface area (Å²) < 4.78 is 27.2. The van der Waals surface area contributed by atoms with Crippen LogP contribution >= 0.6 is 0 Å². The average molecular weight is 490 g/mol. The van der Waals surface area contributed by atoms with E-state index < -0.39 is 10.0 Å². The van der Waals surface area contributed by atoms with Gasteiger partial charge in [0.1, 0.15) is 0 Å². The molecule has 0 radical (unpaired) electrons. The molecule has 1 heterocycles. The second-order valence-electron chi connectivity index (χ2n) is 8.89. The molecule has 182 valence electrons. The summed E-state index contributed by atoms with van der Waals surface area (Å²) in [5, 5.41) is 4.26. The van der Waals surface area contributed by atoms with Crippen molar-refractivity contribution in [2.45, 2.75) is 32.4 Å². The van der Waals surface area contributed by atoms with Crippen LogP contribution in [0.4, 0.5) is 5.69 Å². The number of rotatable bonds is 8. The summed E-state index contributed by atoms with van der Waals surface area (Å²) >= 11 is 0. The third-order valence-electron chi connectivity index (χ3n) is 6.22. The molecule has 3 aromatic rings. The number of aryl methyl sites for hydroxylation is 1. The Morgan fingerprint density at radius 3 is 2.29 bits per heavy atom. The SMILES string of the molecule is Cc1ccccc1CN1CCC(NC(=O)c2ccc(NS(=O)(=O)/C=C/c3ccccc3)cc2)CC1. The first-order chi connectivity index (χ1) is 16.9. The molecule has 1 amide bonds. The summed E-state index contributed by atoms with van der Waals surface area (Å²) in [6.07, 6.45) is 3.35. The minimum absolute atomic E-state index is 0.136. The highest BCUT2D eigenvalue weighted by Gasteiger charge is 2.21. The third-order valence-corrected chi connectivity index (χ3v) is 7.24. The topological polar surface area (TPSA) is 78.5 Å². The Hall–Kier alpha value is -3.42. The highest BCUT2D eigenvalue weighted by molar-refractivity contribution is 7.95. The Morgan fingerprint density at radius 2 is 1.60 bits per heavy atom. The van der Waals surface area contributed by atoms with Crippen molar-refractivity contribution in [1.29, 1.82) is 0 Å². The molecule has 0 saturated carbocycles. The molecule has 0 atom stereocenters. The summed E-state index contributed by atoms with van der Waals surface area (Å²) in [6, 6.07) is 24.3. The van der Waals surface area contributed by atoms with Gasteiger partial charge in [-0.25, -0.2) is 8.42 Å². The van der Waals surface area contributed by atoms with Gasteiger partial charge in [-0.05, 0) is 66.8 Å². The van der Waals surface area contributed by atoms with E-state index in [-0.39, 0.29) is 11.9 Å². The van der Waals surface area contributed by atoms with Crippen LogP contribution in [0.25, 0.3) is 6.08 Å². The fourth-order valence-electron chi connectivity index (χ4n) is 4.15. The van der Waals surface area contributed by atoms with Crippen molar-refractivity contribution in [3.05, 3.63) is 107 Å². The normalized spacial score (nSPS) is 15.2. The van der Waals surface area contributed by atoms with Gasteiger partial charge in [0.25, 0.3) is 15.9 Å². The summed E-state index contributed by atoms with van der Waals surface area (Å²) in [5.74, 6) is -0.138. The highest BCUT2D eigenvalue weighted by atomic mass is 32.2. The summed E-state index contributed by atoms with van der Waals surface area (Å²) in [6.45, 7) is 4.96. The Morgan fingerprint density at radius 1 is 0.943 bits per heavy atom. The van der Waals surface area contributed by atoms with Crippen LogP contribution in [0.3, 0.4) is 0 Å². The lowest BCUT2D eigenvalue weighted by Crippen LogP contribution is -2.44. The number of hydrogen-bond acceptors (Lipinski definition) is 4. The van der Waals surface area contributed by atoms with Crippen LogP contribution in [0.1, 0.15) is 39.9 Å². The fraction of sp³-hybridized carbons (Fsp3) is 0.250. The van der Waals surface area contributed by atoms with Crippen molar-refractivity contribution >= 4 is 27.7 Å². The van der Waals surface area contributed by atoms with E-state index in [4.69, 9.17) is 0 Å². The smallest absolute Gasteiger partial charge is 0.255 e. The van der Waals surface area contributed by atoms with E-state index in [0.717, 1.165) is 43.4 Å². The minimum atomic E-state index is -3.66. The molecule has 35 heavy (non-hydrogen) atoms. The summed E-state index contributed by atoms with van der Waals surface area (Å²) in [7, 11) is -3.66. The average Bonchev–Trinajstić information content (AvgIpc) is 2.86. The van der Waals surface area contributed by atoms with Gasteiger partial charge in [0, 0.05) is 36.9 Å². The van der Waals surface area contributed by atoms with Gasteiger partial charge in [0.05, 0.1) is 5.41 Å². The molecule has 1 fully saturated rings. The molecular formula is C28H31N3O3S. The maximum atomic E-state index is 12.7. The zero-order chi connectivity index (χ0) is 24.7. The van der Waals surface area contributed by atoms with Gasteiger partial charge in [0.15, 0.2) is 0 Å². The molecule has 0 aromatic heterocycles. The van der Waals surface area contributed by atoms with Crippen molar-refractivity contribution in [3.8, 4) is 0 Å². The van der Waals surface area contributed by atoms with Crippen molar-refractivity contribution in [2.24, 2.45) is 0 Å². The van der Waals surface area contributed by atoms with Gasteiger partial charge in [-0.1, -0.05) is 54.6 Å². The standard InChI is InChI=1S/C28H31N3O3S/c1-22-7-5-6-10-25(22)21-31-18-15-26(16-19-31)29-28(32)24-11-13-27(14-12-24)30-35(33,34)20-17-23-8-3-2-4-9-23/h2-14,17,20,26,30H,15-16,18-19,21H2,1H3,(H,29,32)/b20-17+. The van der Waals surface area contributed by atoms with Crippen molar-refractivity contribution in [3.63, 3.8) is 0 Å². The lowest BCUT2D eigenvalue weighted by atomic mass is 10.0. The quantitative estimate of drug-likeness (QED) is 0.476. The number of sulfonamides is 1. The number of nitrogens with zero attached hydrogens (tertiary/aromatic N) is 1. The molecule has 0 spiro atoms. The van der Waals surface area contributed by atoms with Crippen LogP contribution < -0.4 is 10.0 Å². The number of carbonyl (C=O) groups is 1. The molecule has 1 saturated heterocycles. The van der Waals surface area contributed by atoms with E-state index in [1.54, 1.807) is 24.3 Å². The number of benzene rings is 3. The van der Waals surface area contributed by atoms with Crippen LogP contribution in [-0.4, -0.2) is 38.4 Å². The molecular weight excluding hydrogens is 458 g/mol. The van der Waals surface area contributed by atoms with E-state index in [1.807, 2.05) is 30.3 Å². The zero-order valence-corrected chi connectivity index (χ0v) is 20.7. The number of carbonyl (C=O) groups excluding carboxylic acids is 1. The van der Waals surface area contributed by atoms with Crippen LogP contribution in [0.5, 0.6) is 0 Å². The van der Waals surface area contributed by atoms with E-state index in [9.17, 15) is 13.2 Å². The van der Waals surface area contributed by atoms with Gasteiger partial charge in [-0.2, -0.15) is 0 Å². The van der Waals surface area contributed by atoms with Gasteiger partial charge >= 0.3 is 0 Å². The fourth-order valence-corrected chi connectivity index (χ4v) is 5.02. The Labute approximate surface area is 207 Å². The second-order valence-corrected chi connectivity index (χ2v) is 10.5. The maximum absolute atomic E-state index is 12.7. The number of nitrogens with one attached hydrogen (secondary N) is 2. The predicted octanol–water partition coefficient (Wildman–Crippen LogP) is 4.80. The second kappa shape index (κ2) is 11.3. The van der Waals surface area contributed by atoms with Gasteiger partial charge in [-0.15, -0.1) is 0 Å². The number of hydrogen-bond donors (Lipinski definition) is 2. The minimum Gasteiger partial charge on any atom is -0.349 e. The Bertz CT molecular complexity index is 1260. The van der Waals surface area contributed by atoms with E-state index >= 15 is 0 Å². The molecule has 2 N–H and O–H groups in total. The zero-order valence-electron chi connectivity index (χ0n) is 19.9. The van der Waals surface area contributed by atoms with Gasteiger partial charge in [0.2, 0.25) is 0 Å². The number of piperidine rings is 1. The van der Waals surface area contributed by atoms with Crippen molar-refractivity contribution in [1.82, 2.24) is 10.2 Å². The molecule has 6 nitrogen and oxygen atoms in total. The summed E-state index contributed by atoms with van der Waals surface area (Å²) in [5.41, 5.74) is 4.37. The highest BCUT2D eigenvalue weighted by Crippen LogP contribution is 2.17. The van der Waals surface area contributed by atoms with E-state index in [1.165, 1.54) is 17.2 Å². The van der Waals surface area contributed by atoms with Crippen molar-refractivity contribution < 1.29 is 13.2 Å². The first-order valence-electron chi connectivity index (χ1n) is 11.8. The van der Waals surface area contributed by atoms with Crippen molar-refractivity contribution in [2.75, 3.05) is 17.8 Å². The molecule has 3 aromatic carbocycles. The molecule has 7 heteroatoms. The largest absolute Gasteiger partial charge is 0.349 e. The number of likely N-dealkylation sites (tertiary alicyclic amines) is 1. The third kappa shape index (κ3) is 7.28. The van der Waals surface area contributed by atoms with Gasteiger partial charge < -0.3 is 5.32 Å². The predicted molar refractivity (Wildman–Crippen MR) is 141 cm³/mol. The first-order valence-corrected chi connectivity index (χ1v) is 13.4. The van der Waals surface area contributed by atoms with Crippen LogP contribution in [0.2, 0.25) is 0 Å². The van der Waals surface area contributed by atoms with E-state index in [0.29, 0.717) is 11.3 Å². The van der Waals surface area contributed by atoms with Crippen LogP contribution in [-0.2, 0) is 16.6 Å². The Balaban J connectivity index is 1.26. The maximum Gasteiger partial charge on any atom is 0.255 e. The molecule has 4 rings (SSSR count). The lowest BCUT2D eigenvalue weighted by molar-refractivity contribution is 0.0909. The lowest BCUT2D eigenvalue weighted by Gasteiger charge is -2.32. The summed E-state index contributed by atoms with van der Waals surface area (Å²) in [4.78, 5) is 15.1. The van der Waals surface area contributed by atoms with Gasteiger partial charge in [-0.3, -0.25) is 14.4 Å². The molecule has 1 aliphatic heterocycles. The molecule has 0 aliphatic carbocycles. The van der Waals surface area contributed by atoms with Crippen LogP contribution in [0, 0.1) is 6.92 Å². The van der Waals surface area contributed by atoms with Crippen LogP contribution in [0.15, 0.2) is 84.3 Å². The molecule has 0 bridgehead atoms. The number of anilines is 1. The molecule has 1 aliphatic rings. The monoisotopic (exact) mass is 489 g/mol.